The first-order valence-electron chi connectivity index (χ1n) is 5.66. The molecule has 2 aromatic carbocycles. The van der Waals surface area contributed by atoms with Gasteiger partial charge in [-0.2, -0.15) is 8.78 Å². The molecular formula is C14H10F2INOS. The highest BCUT2D eigenvalue weighted by molar-refractivity contribution is 14.1. The van der Waals surface area contributed by atoms with Crippen molar-refractivity contribution in [3.8, 4) is 0 Å². The van der Waals surface area contributed by atoms with Crippen LogP contribution in [0.5, 0.6) is 0 Å². The molecule has 0 unspecified atom stereocenters. The van der Waals surface area contributed by atoms with Gasteiger partial charge >= 0.3 is 0 Å². The molecule has 2 aromatic rings. The molecule has 1 N–H and O–H groups in total. The Balaban J connectivity index is 2.02. The zero-order valence-electron chi connectivity index (χ0n) is 10.1. The van der Waals surface area contributed by atoms with E-state index in [1.54, 1.807) is 36.4 Å². The van der Waals surface area contributed by atoms with E-state index in [4.69, 9.17) is 0 Å². The second kappa shape index (κ2) is 7.03. The van der Waals surface area contributed by atoms with Crippen LogP contribution >= 0.6 is 34.4 Å². The summed E-state index contributed by atoms with van der Waals surface area (Å²) < 4.78 is 25.4. The van der Waals surface area contributed by atoms with Crippen LogP contribution in [0.4, 0.5) is 14.5 Å². The second-order valence-corrected chi connectivity index (χ2v) is 6.17. The summed E-state index contributed by atoms with van der Waals surface area (Å²) in [7, 11) is 0. The molecule has 0 spiro atoms. The summed E-state index contributed by atoms with van der Waals surface area (Å²) >= 11 is 2.64. The normalized spacial score (nSPS) is 10.6. The highest BCUT2D eigenvalue weighted by Crippen LogP contribution is 2.26. The van der Waals surface area contributed by atoms with E-state index in [0.29, 0.717) is 27.9 Å². The van der Waals surface area contributed by atoms with Crippen molar-refractivity contribution in [1.29, 1.82) is 0 Å². The Morgan fingerprint density at radius 2 is 1.65 bits per heavy atom. The van der Waals surface area contributed by atoms with Gasteiger partial charge in [-0.05, 0) is 71.1 Å². The first kappa shape index (κ1) is 15.2. The van der Waals surface area contributed by atoms with E-state index < -0.39 is 5.76 Å². The lowest BCUT2D eigenvalue weighted by molar-refractivity contribution is 0.102. The number of amides is 1. The van der Waals surface area contributed by atoms with Gasteiger partial charge in [-0.25, -0.2) is 0 Å². The highest BCUT2D eigenvalue weighted by Gasteiger charge is 2.07. The van der Waals surface area contributed by atoms with Crippen molar-refractivity contribution < 1.29 is 13.6 Å². The molecule has 0 aromatic heterocycles. The summed E-state index contributed by atoms with van der Waals surface area (Å²) in [5, 5.41) is 2.72. The number of hydrogen-bond donors (Lipinski definition) is 1. The first-order chi connectivity index (χ1) is 9.54. The van der Waals surface area contributed by atoms with Crippen molar-refractivity contribution in [3.63, 3.8) is 0 Å². The quantitative estimate of drug-likeness (QED) is 0.582. The molecule has 0 saturated carbocycles. The molecule has 0 atom stereocenters. The number of halogens is 3. The van der Waals surface area contributed by atoms with E-state index in [9.17, 15) is 13.6 Å². The second-order valence-electron chi connectivity index (χ2n) is 3.86. The molecule has 0 saturated heterocycles. The van der Waals surface area contributed by atoms with E-state index in [1.807, 2.05) is 12.1 Å². The van der Waals surface area contributed by atoms with Crippen LogP contribution in [0.3, 0.4) is 0 Å². The Morgan fingerprint density at radius 1 is 1.05 bits per heavy atom. The van der Waals surface area contributed by atoms with Crippen LogP contribution in [0.25, 0.3) is 0 Å². The number of carbonyl (C=O) groups is 1. The molecule has 0 aliphatic carbocycles. The summed E-state index contributed by atoms with van der Waals surface area (Å²) in [6.45, 7) is 0. The largest absolute Gasteiger partial charge is 0.322 e. The molecule has 2 rings (SSSR count). The lowest BCUT2D eigenvalue weighted by Crippen LogP contribution is -2.11. The predicted octanol–water partition coefficient (Wildman–Crippen LogP) is 4.86. The summed E-state index contributed by atoms with van der Waals surface area (Å²) in [5.74, 6) is -2.67. The van der Waals surface area contributed by atoms with Crippen LogP contribution in [-0.4, -0.2) is 11.7 Å². The molecule has 104 valence electrons. The monoisotopic (exact) mass is 405 g/mol. The average Bonchev–Trinajstić information content (AvgIpc) is 2.41. The summed E-state index contributed by atoms with van der Waals surface area (Å²) in [6.07, 6.45) is 0. The van der Waals surface area contributed by atoms with E-state index in [-0.39, 0.29) is 5.91 Å². The Morgan fingerprint density at radius 3 is 2.20 bits per heavy atom. The molecule has 0 bridgehead atoms. The SMILES string of the molecule is O=C(Nc1ccc(SC(F)F)cc1)c1ccc(I)cc1. The number of carbonyl (C=O) groups excluding carboxylic acids is 1. The molecule has 20 heavy (non-hydrogen) atoms. The number of hydrogen-bond acceptors (Lipinski definition) is 2. The maximum atomic E-state index is 12.2. The van der Waals surface area contributed by atoms with Gasteiger partial charge in [0.15, 0.2) is 0 Å². The summed E-state index contributed by atoms with van der Waals surface area (Å²) in [5.41, 5.74) is 1.13. The standard InChI is InChI=1S/C14H10F2INOS/c15-14(16)20-12-7-5-11(6-8-12)18-13(19)9-1-3-10(17)4-2-9/h1-8,14H,(H,18,19). The van der Waals surface area contributed by atoms with Crippen molar-refractivity contribution in [3.05, 3.63) is 57.7 Å². The van der Waals surface area contributed by atoms with Gasteiger partial charge in [0.05, 0.1) is 0 Å². The number of benzene rings is 2. The fourth-order valence-corrected chi connectivity index (χ4v) is 2.38. The minimum atomic E-state index is -2.44. The minimum Gasteiger partial charge on any atom is -0.322 e. The zero-order valence-corrected chi connectivity index (χ0v) is 13.1. The van der Waals surface area contributed by atoms with Gasteiger partial charge in [0.2, 0.25) is 0 Å². The maximum Gasteiger partial charge on any atom is 0.288 e. The molecule has 6 heteroatoms. The molecule has 0 aliphatic heterocycles. The van der Waals surface area contributed by atoms with Crippen LogP contribution in [0.2, 0.25) is 0 Å². The third-order valence-electron chi connectivity index (χ3n) is 2.44. The lowest BCUT2D eigenvalue weighted by Gasteiger charge is -2.06. The number of rotatable bonds is 4. The molecule has 0 fully saturated rings. The Kier molecular flexibility index (Phi) is 5.36. The van der Waals surface area contributed by atoms with Gasteiger partial charge in [-0.15, -0.1) is 0 Å². The Hall–Kier alpha value is -1.15. The van der Waals surface area contributed by atoms with Crippen LogP contribution < -0.4 is 5.32 Å². The lowest BCUT2D eigenvalue weighted by atomic mass is 10.2. The molecule has 1 amide bonds. The van der Waals surface area contributed by atoms with Gasteiger partial charge < -0.3 is 5.32 Å². The predicted molar refractivity (Wildman–Crippen MR) is 85.4 cm³/mol. The fraction of sp³-hybridized carbons (Fsp3) is 0.0714. The maximum absolute atomic E-state index is 12.2. The molecular weight excluding hydrogens is 395 g/mol. The van der Waals surface area contributed by atoms with Gasteiger partial charge in [-0.1, -0.05) is 11.8 Å². The average molecular weight is 405 g/mol. The zero-order chi connectivity index (χ0) is 14.5. The van der Waals surface area contributed by atoms with E-state index in [1.165, 1.54) is 0 Å². The van der Waals surface area contributed by atoms with Gasteiger partial charge in [0.25, 0.3) is 11.7 Å². The van der Waals surface area contributed by atoms with Crippen molar-refractivity contribution in [1.82, 2.24) is 0 Å². The van der Waals surface area contributed by atoms with E-state index in [2.05, 4.69) is 27.9 Å². The van der Waals surface area contributed by atoms with E-state index in [0.717, 1.165) is 3.57 Å². The third kappa shape index (κ3) is 4.45. The van der Waals surface area contributed by atoms with Crippen LogP contribution in [-0.2, 0) is 0 Å². The smallest absolute Gasteiger partial charge is 0.288 e. The first-order valence-corrected chi connectivity index (χ1v) is 7.62. The highest BCUT2D eigenvalue weighted by atomic mass is 127. The van der Waals surface area contributed by atoms with Gasteiger partial charge in [0, 0.05) is 19.7 Å². The number of nitrogens with one attached hydrogen (secondary N) is 1. The van der Waals surface area contributed by atoms with Crippen molar-refractivity contribution in [2.24, 2.45) is 0 Å². The molecule has 0 radical (unpaired) electrons. The Labute approximate surface area is 133 Å². The van der Waals surface area contributed by atoms with Gasteiger partial charge in [-0.3, -0.25) is 4.79 Å². The summed E-state index contributed by atoms with van der Waals surface area (Å²) in [6, 6.07) is 13.5. The number of anilines is 1. The summed E-state index contributed by atoms with van der Waals surface area (Å²) in [4.78, 5) is 12.4. The van der Waals surface area contributed by atoms with Crippen molar-refractivity contribution in [2.75, 3.05) is 5.32 Å². The van der Waals surface area contributed by atoms with Crippen LogP contribution in [0.1, 0.15) is 10.4 Å². The van der Waals surface area contributed by atoms with Crippen molar-refractivity contribution >= 4 is 45.9 Å². The van der Waals surface area contributed by atoms with Crippen LogP contribution in [0, 0.1) is 3.57 Å². The number of thioether (sulfide) groups is 1. The van der Waals surface area contributed by atoms with E-state index >= 15 is 0 Å². The van der Waals surface area contributed by atoms with Gasteiger partial charge in [0.1, 0.15) is 0 Å². The molecule has 0 heterocycles. The van der Waals surface area contributed by atoms with Crippen molar-refractivity contribution in [2.45, 2.75) is 10.7 Å². The molecule has 2 nitrogen and oxygen atoms in total. The third-order valence-corrected chi connectivity index (χ3v) is 3.89. The molecule has 0 aliphatic rings. The minimum absolute atomic E-state index is 0.226. The van der Waals surface area contributed by atoms with Crippen LogP contribution in [0.15, 0.2) is 53.4 Å². The fourth-order valence-electron chi connectivity index (χ4n) is 1.52. The topological polar surface area (TPSA) is 29.1 Å². The number of alkyl halides is 2. The Bertz CT molecular complexity index is 587.